The van der Waals surface area contributed by atoms with Crippen LogP contribution in [0.1, 0.15) is 57.1 Å². The Bertz CT molecular complexity index is 343. The minimum absolute atomic E-state index is 0.0214. The van der Waals surface area contributed by atoms with E-state index in [-0.39, 0.29) is 6.10 Å². The van der Waals surface area contributed by atoms with Crippen molar-refractivity contribution < 1.29 is 4.74 Å². The molecule has 0 bridgehead atoms. The normalized spacial score (nSPS) is 12.6. The molecule has 0 aliphatic rings. The molecule has 0 spiro atoms. The van der Waals surface area contributed by atoms with E-state index in [1.54, 1.807) is 0 Å². The second-order valence-electron chi connectivity index (χ2n) is 4.92. The third kappa shape index (κ3) is 7.09. The smallest absolute Gasteiger partial charge is 0.0947 e. The van der Waals surface area contributed by atoms with Gasteiger partial charge in [-0.25, -0.2) is 0 Å². The van der Waals surface area contributed by atoms with E-state index < -0.39 is 0 Å². The van der Waals surface area contributed by atoms with E-state index in [0.717, 1.165) is 23.1 Å². The van der Waals surface area contributed by atoms with Gasteiger partial charge >= 0.3 is 0 Å². The lowest BCUT2D eigenvalue weighted by Crippen LogP contribution is -2.16. The highest BCUT2D eigenvalue weighted by atomic mass is 79.9. The number of hydrogen-bond donors (Lipinski definition) is 1. The van der Waals surface area contributed by atoms with Gasteiger partial charge in [0.15, 0.2) is 0 Å². The van der Waals surface area contributed by atoms with Gasteiger partial charge in [0.2, 0.25) is 0 Å². The molecule has 0 saturated carbocycles. The molecule has 0 aliphatic carbocycles. The number of hydrogen-bond acceptors (Lipinski definition) is 2. The molecule has 0 aliphatic heterocycles. The minimum Gasteiger partial charge on any atom is -0.372 e. The van der Waals surface area contributed by atoms with Crippen molar-refractivity contribution in [2.45, 2.75) is 51.6 Å². The fraction of sp³-hybridized carbons (Fsp3) is 0.625. The predicted octanol–water partition coefficient (Wildman–Crippen LogP) is 4.83. The van der Waals surface area contributed by atoms with E-state index in [2.05, 4.69) is 35.0 Å². The van der Waals surface area contributed by atoms with Gasteiger partial charge in [-0.2, -0.15) is 0 Å². The first kappa shape index (κ1) is 16.7. The SMILES string of the molecule is CCCCCCCCOC(CN)c1cccc(Br)c1. The van der Waals surface area contributed by atoms with Gasteiger partial charge in [-0.1, -0.05) is 67.1 Å². The Kier molecular flexibility index (Phi) is 9.14. The Hall–Kier alpha value is -0.380. The van der Waals surface area contributed by atoms with Crippen LogP contribution < -0.4 is 5.73 Å². The molecular formula is C16H26BrNO. The number of ether oxygens (including phenoxy) is 1. The van der Waals surface area contributed by atoms with Crippen LogP contribution in [0.2, 0.25) is 0 Å². The lowest BCUT2D eigenvalue weighted by molar-refractivity contribution is 0.0557. The molecule has 0 amide bonds. The monoisotopic (exact) mass is 327 g/mol. The number of nitrogens with two attached hydrogens (primary N) is 1. The first-order valence-corrected chi connectivity index (χ1v) is 8.14. The Labute approximate surface area is 125 Å². The fourth-order valence-electron chi connectivity index (χ4n) is 2.12. The topological polar surface area (TPSA) is 35.2 Å². The van der Waals surface area contributed by atoms with Gasteiger partial charge in [0.1, 0.15) is 0 Å². The van der Waals surface area contributed by atoms with Crippen LogP contribution in [0.4, 0.5) is 0 Å². The summed E-state index contributed by atoms with van der Waals surface area (Å²) < 4.78 is 6.97. The molecular weight excluding hydrogens is 302 g/mol. The van der Waals surface area contributed by atoms with Crippen molar-refractivity contribution >= 4 is 15.9 Å². The zero-order valence-electron chi connectivity index (χ0n) is 11.9. The van der Waals surface area contributed by atoms with Gasteiger partial charge in [-0.15, -0.1) is 0 Å². The first-order chi connectivity index (χ1) is 9.27. The van der Waals surface area contributed by atoms with E-state index in [4.69, 9.17) is 10.5 Å². The third-order valence-corrected chi connectivity index (χ3v) is 3.74. The summed E-state index contributed by atoms with van der Waals surface area (Å²) in [6.07, 6.45) is 7.74. The standard InChI is InChI=1S/C16H26BrNO/c1-2-3-4-5-6-7-11-19-16(13-18)14-9-8-10-15(17)12-14/h8-10,12,16H,2-7,11,13,18H2,1H3. The van der Waals surface area contributed by atoms with Crippen molar-refractivity contribution in [1.82, 2.24) is 0 Å². The third-order valence-electron chi connectivity index (χ3n) is 3.25. The van der Waals surface area contributed by atoms with Crippen molar-refractivity contribution in [2.75, 3.05) is 13.2 Å². The summed E-state index contributed by atoms with van der Waals surface area (Å²) in [7, 11) is 0. The molecule has 0 fully saturated rings. The number of benzene rings is 1. The number of halogens is 1. The Balaban J connectivity index is 2.22. The van der Waals surface area contributed by atoms with E-state index in [0.29, 0.717) is 6.54 Å². The summed E-state index contributed by atoms with van der Waals surface area (Å²) in [4.78, 5) is 0. The lowest BCUT2D eigenvalue weighted by atomic mass is 10.1. The number of unbranched alkanes of at least 4 members (excludes halogenated alkanes) is 5. The van der Waals surface area contributed by atoms with Crippen molar-refractivity contribution in [2.24, 2.45) is 5.73 Å². The Morgan fingerprint density at radius 2 is 1.89 bits per heavy atom. The fourth-order valence-corrected chi connectivity index (χ4v) is 2.53. The highest BCUT2D eigenvalue weighted by Gasteiger charge is 2.09. The Morgan fingerprint density at radius 1 is 1.16 bits per heavy atom. The highest BCUT2D eigenvalue weighted by Crippen LogP contribution is 2.20. The summed E-state index contributed by atoms with van der Waals surface area (Å²) in [6, 6.07) is 8.20. The Morgan fingerprint density at radius 3 is 2.58 bits per heavy atom. The van der Waals surface area contributed by atoms with Crippen LogP contribution in [0, 0.1) is 0 Å². The molecule has 19 heavy (non-hydrogen) atoms. The van der Waals surface area contributed by atoms with Crippen molar-refractivity contribution in [1.29, 1.82) is 0 Å². The van der Waals surface area contributed by atoms with Crippen LogP contribution in [-0.4, -0.2) is 13.2 Å². The maximum absolute atomic E-state index is 5.89. The maximum atomic E-state index is 5.89. The highest BCUT2D eigenvalue weighted by molar-refractivity contribution is 9.10. The van der Waals surface area contributed by atoms with E-state index in [9.17, 15) is 0 Å². The van der Waals surface area contributed by atoms with E-state index in [1.165, 1.54) is 32.1 Å². The van der Waals surface area contributed by atoms with Gasteiger partial charge in [0.25, 0.3) is 0 Å². The van der Waals surface area contributed by atoms with E-state index >= 15 is 0 Å². The summed E-state index contributed by atoms with van der Waals surface area (Å²) in [5.74, 6) is 0. The van der Waals surface area contributed by atoms with Crippen LogP contribution in [0.5, 0.6) is 0 Å². The van der Waals surface area contributed by atoms with Crippen LogP contribution >= 0.6 is 15.9 Å². The lowest BCUT2D eigenvalue weighted by Gasteiger charge is -2.16. The second kappa shape index (κ2) is 10.4. The summed E-state index contributed by atoms with van der Waals surface area (Å²) in [5.41, 5.74) is 6.95. The zero-order chi connectivity index (χ0) is 13.9. The average Bonchev–Trinajstić information content (AvgIpc) is 2.42. The van der Waals surface area contributed by atoms with Crippen molar-refractivity contribution in [3.63, 3.8) is 0 Å². The van der Waals surface area contributed by atoms with Crippen LogP contribution in [0.25, 0.3) is 0 Å². The molecule has 0 radical (unpaired) electrons. The molecule has 3 heteroatoms. The average molecular weight is 328 g/mol. The van der Waals surface area contributed by atoms with Gasteiger partial charge in [0, 0.05) is 17.6 Å². The van der Waals surface area contributed by atoms with Gasteiger partial charge in [-0.05, 0) is 24.1 Å². The number of rotatable bonds is 10. The van der Waals surface area contributed by atoms with Crippen LogP contribution in [-0.2, 0) is 4.74 Å². The molecule has 1 aromatic carbocycles. The molecule has 0 heterocycles. The summed E-state index contributed by atoms with van der Waals surface area (Å²) >= 11 is 3.48. The maximum Gasteiger partial charge on any atom is 0.0947 e. The summed E-state index contributed by atoms with van der Waals surface area (Å²) in [5, 5.41) is 0. The molecule has 1 rings (SSSR count). The molecule has 2 N–H and O–H groups in total. The molecule has 108 valence electrons. The quantitative estimate of drug-likeness (QED) is 0.625. The van der Waals surface area contributed by atoms with E-state index in [1.807, 2.05) is 12.1 Å². The molecule has 0 saturated heterocycles. The van der Waals surface area contributed by atoms with Crippen molar-refractivity contribution in [3.8, 4) is 0 Å². The molecule has 1 atom stereocenters. The second-order valence-corrected chi connectivity index (χ2v) is 5.83. The van der Waals surface area contributed by atoms with Gasteiger partial charge < -0.3 is 10.5 Å². The van der Waals surface area contributed by atoms with Gasteiger partial charge in [0.05, 0.1) is 6.10 Å². The van der Waals surface area contributed by atoms with Gasteiger partial charge in [-0.3, -0.25) is 0 Å². The largest absolute Gasteiger partial charge is 0.372 e. The first-order valence-electron chi connectivity index (χ1n) is 7.35. The minimum atomic E-state index is 0.0214. The molecule has 1 unspecified atom stereocenters. The van der Waals surface area contributed by atoms with Crippen molar-refractivity contribution in [3.05, 3.63) is 34.3 Å². The molecule has 1 aromatic rings. The molecule has 0 aromatic heterocycles. The summed E-state index contributed by atoms with van der Waals surface area (Å²) in [6.45, 7) is 3.58. The van der Waals surface area contributed by atoms with Crippen LogP contribution in [0.3, 0.4) is 0 Å². The molecule has 2 nitrogen and oxygen atoms in total. The zero-order valence-corrected chi connectivity index (χ0v) is 13.5. The van der Waals surface area contributed by atoms with Crippen LogP contribution in [0.15, 0.2) is 28.7 Å². The predicted molar refractivity (Wildman–Crippen MR) is 85.3 cm³/mol.